The molecule has 2 aromatic carbocycles. The minimum Gasteiger partial charge on any atom is -0.337 e. The minimum absolute atomic E-state index is 0.138. The van der Waals surface area contributed by atoms with Gasteiger partial charge in [0.05, 0.1) is 11.3 Å². The van der Waals surface area contributed by atoms with Crippen molar-refractivity contribution in [3.05, 3.63) is 78.2 Å². The molecular weight excluding hydrogens is 373 g/mol. The molecule has 3 aromatic rings. The number of aromatic nitrogens is 1. The summed E-state index contributed by atoms with van der Waals surface area (Å²) in [4.78, 5) is 30.3. The molecule has 0 bridgehead atoms. The average Bonchev–Trinajstić information content (AvgIpc) is 3.16. The van der Waals surface area contributed by atoms with Gasteiger partial charge >= 0.3 is 6.03 Å². The number of hydrogen-bond acceptors (Lipinski definition) is 4. The lowest BCUT2D eigenvalue weighted by Gasteiger charge is -2.15. The van der Waals surface area contributed by atoms with E-state index >= 15 is 0 Å². The highest BCUT2D eigenvalue weighted by Crippen LogP contribution is 2.23. The Hall–Kier alpha value is -3.94. The Morgan fingerprint density at radius 1 is 1.07 bits per heavy atom. The van der Waals surface area contributed by atoms with Crippen molar-refractivity contribution in [2.45, 2.75) is 0 Å². The normalized spacial score (nSPS) is 13.1. The minimum atomic E-state index is -0.439. The lowest BCUT2D eigenvalue weighted by molar-refractivity contribution is 0.102. The number of para-hydroxylation sites is 1. The van der Waals surface area contributed by atoms with Gasteiger partial charge in [-0.05, 0) is 48.5 Å². The summed E-state index contributed by atoms with van der Waals surface area (Å²) < 4.78 is 13.9. The first-order valence-corrected chi connectivity index (χ1v) is 9.05. The van der Waals surface area contributed by atoms with E-state index in [0.717, 1.165) is 5.69 Å². The number of pyridine rings is 1. The molecule has 0 aliphatic carbocycles. The molecule has 1 aromatic heterocycles. The first-order chi connectivity index (χ1) is 14.1. The van der Waals surface area contributed by atoms with Gasteiger partial charge in [0.2, 0.25) is 0 Å². The number of amides is 3. The van der Waals surface area contributed by atoms with Gasteiger partial charge in [-0.3, -0.25) is 9.69 Å². The molecule has 8 heteroatoms. The second kappa shape index (κ2) is 7.97. The number of halogens is 1. The molecule has 1 saturated heterocycles. The predicted molar refractivity (Wildman–Crippen MR) is 109 cm³/mol. The first-order valence-electron chi connectivity index (χ1n) is 9.05. The molecule has 1 aliphatic rings. The summed E-state index contributed by atoms with van der Waals surface area (Å²) in [5.41, 5.74) is 1.83. The lowest BCUT2D eigenvalue weighted by atomic mass is 10.2. The third kappa shape index (κ3) is 4.01. The van der Waals surface area contributed by atoms with E-state index in [1.807, 2.05) is 0 Å². The molecule has 7 nitrogen and oxygen atoms in total. The molecule has 0 radical (unpaired) electrons. The SMILES string of the molecule is O=C(Nc1ccc(N2CCNC2=O)cc1)c1cccnc1Nc1ccccc1F. The molecule has 0 spiro atoms. The van der Waals surface area contributed by atoms with Crippen LogP contribution in [-0.4, -0.2) is 30.0 Å². The molecule has 146 valence electrons. The molecule has 1 aliphatic heterocycles. The zero-order chi connectivity index (χ0) is 20.2. The van der Waals surface area contributed by atoms with Crippen LogP contribution >= 0.6 is 0 Å². The molecule has 0 unspecified atom stereocenters. The number of urea groups is 1. The summed E-state index contributed by atoms with van der Waals surface area (Å²) in [6.07, 6.45) is 1.52. The van der Waals surface area contributed by atoms with Gasteiger partial charge in [-0.15, -0.1) is 0 Å². The maximum atomic E-state index is 13.9. The highest BCUT2D eigenvalue weighted by atomic mass is 19.1. The monoisotopic (exact) mass is 391 g/mol. The van der Waals surface area contributed by atoms with E-state index in [1.54, 1.807) is 59.5 Å². The van der Waals surface area contributed by atoms with Crippen LogP contribution in [0.15, 0.2) is 66.9 Å². The molecular formula is C21H18FN5O2. The first kappa shape index (κ1) is 18.4. The maximum Gasteiger partial charge on any atom is 0.321 e. The molecule has 2 heterocycles. The standard InChI is InChI=1S/C21H18FN5O2/c22-17-5-1-2-6-18(17)26-19-16(4-3-11-23-19)20(28)25-14-7-9-15(10-8-14)27-13-12-24-21(27)29/h1-11H,12-13H2,(H,23,26)(H,24,29)(H,25,28). The van der Waals surface area contributed by atoms with Crippen molar-refractivity contribution in [3.63, 3.8) is 0 Å². The highest BCUT2D eigenvalue weighted by Gasteiger charge is 2.21. The van der Waals surface area contributed by atoms with Gasteiger partial charge in [-0.1, -0.05) is 12.1 Å². The Morgan fingerprint density at radius 2 is 1.86 bits per heavy atom. The Labute approximate surface area is 166 Å². The van der Waals surface area contributed by atoms with Crippen LogP contribution in [0.2, 0.25) is 0 Å². The highest BCUT2D eigenvalue weighted by molar-refractivity contribution is 6.08. The second-order valence-electron chi connectivity index (χ2n) is 6.39. The van der Waals surface area contributed by atoms with Crippen LogP contribution in [0.5, 0.6) is 0 Å². The molecule has 0 saturated carbocycles. The zero-order valence-electron chi connectivity index (χ0n) is 15.4. The van der Waals surface area contributed by atoms with Crippen molar-refractivity contribution in [1.82, 2.24) is 10.3 Å². The largest absolute Gasteiger partial charge is 0.337 e. The van der Waals surface area contributed by atoms with Crippen molar-refractivity contribution in [1.29, 1.82) is 0 Å². The predicted octanol–water partition coefficient (Wildman–Crippen LogP) is 3.75. The number of carbonyl (C=O) groups excluding carboxylic acids is 2. The van der Waals surface area contributed by atoms with Gasteiger partial charge in [-0.25, -0.2) is 14.2 Å². The Morgan fingerprint density at radius 3 is 2.59 bits per heavy atom. The molecule has 4 rings (SSSR count). The Balaban J connectivity index is 1.50. The van der Waals surface area contributed by atoms with E-state index in [0.29, 0.717) is 18.8 Å². The van der Waals surface area contributed by atoms with Gasteiger partial charge in [0.1, 0.15) is 11.6 Å². The van der Waals surface area contributed by atoms with E-state index in [2.05, 4.69) is 20.9 Å². The topological polar surface area (TPSA) is 86.4 Å². The smallest absolute Gasteiger partial charge is 0.321 e. The van der Waals surface area contributed by atoms with Crippen LogP contribution in [0, 0.1) is 5.82 Å². The summed E-state index contributed by atoms with van der Waals surface area (Å²) in [6.45, 7) is 1.21. The number of carbonyl (C=O) groups is 2. The van der Waals surface area contributed by atoms with E-state index in [9.17, 15) is 14.0 Å². The van der Waals surface area contributed by atoms with Gasteiger partial charge in [0.25, 0.3) is 5.91 Å². The van der Waals surface area contributed by atoms with Gasteiger partial charge < -0.3 is 16.0 Å². The fraction of sp³-hybridized carbons (Fsp3) is 0.0952. The van der Waals surface area contributed by atoms with Crippen molar-refractivity contribution >= 4 is 34.8 Å². The molecule has 0 atom stereocenters. The Bertz CT molecular complexity index is 1050. The van der Waals surface area contributed by atoms with Crippen LogP contribution in [0.3, 0.4) is 0 Å². The van der Waals surface area contributed by atoms with E-state index in [4.69, 9.17) is 0 Å². The summed E-state index contributed by atoms with van der Waals surface area (Å²) in [7, 11) is 0. The number of rotatable bonds is 5. The quantitative estimate of drug-likeness (QED) is 0.618. The summed E-state index contributed by atoms with van der Waals surface area (Å²) >= 11 is 0. The summed E-state index contributed by atoms with van der Waals surface area (Å²) in [5.74, 6) is -0.574. The van der Waals surface area contributed by atoms with Crippen molar-refractivity contribution < 1.29 is 14.0 Å². The zero-order valence-corrected chi connectivity index (χ0v) is 15.4. The lowest BCUT2D eigenvalue weighted by Crippen LogP contribution is -2.27. The van der Waals surface area contributed by atoms with Crippen LogP contribution < -0.4 is 20.9 Å². The summed E-state index contributed by atoms with van der Waals surface area (Å²) in [5, 5.41) is 8.40. The maximum absolute atomic E-state index is 13.9. The Kier molecular flexibility index (Phi) is 5.07. The van der Waals surface area contributed by atoms with E-state index < -0.39 is 5.82 Å². The average molecular weight is 391 g/mol. The number of nitrogens with one attached hydrogen (secondary N) is 3. The van der Waals surface area contributed by atoms with Crippen LogP contribution in [0.25, 0.3) is 0 Å². The third-order valence-corrected chi connectivity index (χ3v) is 4.47. The molecule has 29 heavy (non-hydrogen) atoms. The number of hydrogen-bond donors (Lipinski definition) is 3. The van der Waals surface area contributed by atoms with Crippen molar-refractivity contribution in [3.8, 4) is 0 Å². The molecule has 3 N–H and O–H groups in total. The fourth-order valence-electron chi connectivity index (χ4n) is 3.02. The van der Waals surface area contributed by atoms with Crippen LogP contribution in [0.4, 0.5) is 32.1 Å². The molecule has 1 fully saturated rings. The number of nitrogens with zero attached hydrogens (tertiary/aromatic N) is 2. The third-order valence-electron chi connectivity index (χ3n) is 4.47. The van der Waals surface area contributed by atoms with E-state index in [-0.39, 0.29) is 29.0 Å². The van der Waals surface area contributed by atoms with Crippen LogP contribution in [-0.2, 0) is 0 Å². The van der Waals surface area contributed by atoms with Crippen molar-refractivity contribution in [2.24, 2.45) is 0 Å². The van der Waals surface area contributed by atoms with Crippen molar-refractivity contribution in [2.75, 3.05) is 28.6 Å². The van der Waals surface area contributed by atoms with E-state index in [1.165, 1.54) is 12.3 Å². The number of anilines is 4. The summed E-state index contributed by atoms with van der Waals surface area (Å²) in [6, 6.07) is 16.2. The molecule has 3 amide bonds. The van der Waals surface area contributed by atoms with Gasteiger partial charge in [-0.2, -0.15) is 0 Å². The number of benzene rings is 2. The fourth-order valence-corrected chi connectivity index (χ4v) is 3.02. The van der Waals surface area contributed by atoms with Gasteiger partial charge in [0.15, 0.2) is 0 Å². The van der Waals surface area contributed by atoms with Gasteiger partial charge in [0, 0.05) is 30.7 Å². The second-order valence-corrected chi connectivity index (χ2v) is 6.39. The van der Waals surface area contributed by atoms with Crippen LogP contribution in [0.1, 0.15) is 10.4 Å².